The molecule has 2 rings (SSSR count). The molecule has 0 saturated carbocycles. The molecule has 5 heteroatoms. The third-order valence-electron chi connectivity index (χ3n) is 2.93. The summed E-state index contributed by atoms with van der Waals surface area (Å²) in [5.41, 5.74) is 4.18. The molecule has 1 aromatic carbocycles. The average Bonchev–Trinajstić information content (AvgIpc) is 2.85. The Bertz CT molecular complexity index is 560. The van der Waals surface area contributed by atoms with Crippen LogP contribution in [0.4, 0.5) is 0 Å². The summed E-state index contributed by atoms with van der Waals surface area (Å²) in [5, 5.41) is 3.38. The van der Waals surface area contributed by atoms with Gasteiger partial charge in [-0.25, -0.2) is 9.98 Å². The van der Waals surface area contributed by atoms with E-state index >= 15 is 0 Å². The van der Waals surface area contributed by atoms with Crippen LogP contribution in [-0.4, -0.2) is 29.9 Å². The zero-order chi connectivity index (χ0) is 14.4. The number of aryl methyl sites for hydroxylation is 1. The van der Waals surface area contributed by atoms with Gasteiger partial charge in [0.2, 0.25) is 0 Å². The summed E-state index contributed by atoms with van der Waals surface area (Å²) in [6.07, 6.45) is 0. The zero-order valence-electron chi connectivity index (χ0n) is 12.1. The van der Waals surface area contributed by atoms with Crippen LogP contribution in [0.25, 0.3) is 0 Å². The van der Waals surface area contributed by atoms with Crippen molar-refractivity contribution < 1.29 is 0 Å². The maximum atomic E-state index is 4.64. The van der Waals surface area contributed by atoms with Gasteiger partial charge < -0.3 is 10.2 Å². The fraction of sp³-hybridized carbons (Fsp3) is 0.333. The summed E-state index contributed by atoms with van der Waals surface area (Å²) in [5.74, 6) is 0.890. The third kappa shape index (κ3) is 4.06. The summed E-state index contributed by atoms with van der Waals surface area (Å²) < 4.78 is 0. The van der Waals surface area contributed by atoms with E-state index in [4.69, 9.17) is 0 Å². The molecule has 2 aromatic rings. The standard InChI is InChI=1S/C15H20N4S/c1-12-14(20-11-18-12)10-17-15(19(2)3)16-9-13-7-5-4-6-8-13/h4-8,11H,9-10H2,1-3H3,(H,16,17). The number of benzene rings is 1. The van der Waals surface area contributed by atoms with Gasteiger partial charge in [-0.1, -0.05) is 30.3 Å². The highest BCUT2D eigenvalue weighted by Gasteiger charge is 2.05. The third-order valence-corrected chi connectivity index (χ3v) is 3.86. The van der Waals surface area contributed by atoms with Crippen molar-refractivity contribution in [3.63, 3.8) is 0 Å². The molecule has 0 aliphatic carbocycles. The fourth-order valence-corrected chi connectivity index (χ4v) is 2.48. The van der Waals surface area contributed by atoms with E-state index in [9.17, 15) is 0 Å². The van der Waals surface area contributed by atoms with Crippen LogP contribution in [0.5, 0.6) is 0 Å². The van der Waals surface area contributed by atoms with E-state index in [0.29, 0.717) is 6.54 Å². The molecule has 0 aliphatic heterocycles. The van der Waals surface area contributed by atoms with Gasteiger partial charge in [-0.2, -0.15) is 0 Å². The number of guanidine groups is 1. The lowest BCUT2D eigenvalue weighted by Crippen LogP contribution is -2.36. The van der Waals surface area contributed by atoms with E-state index in [2.05, 4.69) is 27.4 Å². The van der Waals surface area contributed by atoms with Crippen LogP contribution >= 0.6 is 11.3 Å². The maximum absolute atomic E-state index is 4.64. The molecule has 0 radical (unpaired) electrons. The minimum absolute atomic E-state index is 0.684. The molecule has 106 valence electrons. The fourth-order valence-electron chi connectivity index (χ4n) is 1.76. The Hall–Kier alpha value is -1.88. The van der Waals surface area contributed by atoms with Gasteiger partial charge in [0.05, 0.1) is 24.3 Å². The molecular formula is C15H20N4S. The highest BCUT2D eigenvalue weighted by atomic mass is 32.1. The normalized spacial score (nSPS) is 11.4. The number of thiazole rings is 1. The van der Waals surface area contributed by atoms with Gasteiger partial charge in [-0.05, 0) is 12.5 Å². The van der Waals surface area contributed by atoms with Crippen LogP contribution in [0, 0.1) is 6.92 Å². The van der Waals surface area contributed by atoms with Gasteiger partial charge in [0.15, 0.2) is 5.96 Å². The van der Waals surface area contributed by atoms with Crippen molar-refractivity contribution in [2.45, 2.75) is 20.0 Å². The second-order valence-corrected chi connectivity index (χ2v) is 5.67. The molecule has 1 heterocycles. The van der Waals surface area contributed by atoms with Crippen LogP contribution in [0.2, 0.25) is 0 Å². The predicted molar refractivity (Wildman–Crippen MR) is 85.0 cm³/mol. The molecule has 20 heavy (non-hydrogen) atoms. The lowest BCUT2D eigenvalue weighted by molar-refractivity contribution is 0.579. The first kappa shape index (κ1) is 14.5. The van der Waals surface area contributed by atoms with E-state index in [1.165, 1.54) is 10.4 Å². The van der Waals surface area contributed by atoms with E-state index in [1.807, 2.05) is 49.6 Å². The molecule has 4 nitrogen and oxygen atoms in total. The van der Waals surface area contributed by atoms with E-state index in [1.54, 1.807) is 11.3 Å². The number of nitrogens with zero attached hydrogens (tertiary/aromatic N) is 3. The van der Waals surface area contributed by atoms with Crippen LogP contribution < -0.4 is 5.32 Å². The SMILES string of the molecule is Cc1ncsc1CNC(=NCc1ccccc1)N(C)C. The smallest absolute Gasteiger partial charge is 0.194 e. The highest BCUT2D eigenvalue weighted by molar-refractivity contribution is 7.09. The van der Waals surface area contributed by atoms with Crippen molar-refractivity contribution in [3.8, 4) is 0 Å². The van der Waals surface area contributed by atoms with Crippen molar-refractivity contribution in [2.75, 3.05) is 14.1 Å². The Labute approximate surface area is 124 Å². The number of hydrogen-bond donors (Lipinski definition) is 1. The number of rotatable bonds is 4. The lowest BCUT2D eigenvalue weighted by Gasteiger charge is -2.17. The van der Waals surface area contributed by atoms with Gasteiger partial charge in [-0.15, -0.1) is 11.3 Å². The van der Waals surface area contributed by atoms with E-state index in [-0.39, 0.29) is 0 Å². The lowest BCUT2D eigenvalue weighted by atomic mass is 10.2. The van der Waals surface area contributed by atoms with Crippen LogP contribution in [-0.2, 0) is 13.1 Å². The molecule has 0 fully saturated rings. The first-order valence-corrected chi connectivity index (χ1v) is 7.43. The first-order chi connectivity index (χ1) is 9.66. The molecule has 0 aliphatic rings. The average molecular weight is 288 g/mol. The molecule has 1 aromatic heterocycles. The first-order valence-electron chi connectivity index (χ1n) is 6.55. The molecule has 0 atom stereocenters. The van der Waals surface area contributed by atoms with Crippen molar-refractivity contribution in [1.29, 1.82) is 0 Å². The predicted octanol–water partition coefficient (Wildman–Crippen LogP) is 2.66. The van der Waals surface area contributed by atoms with E-state index < -0.39 is 0 Å². The Balaban J connectivity index is 1.98. The molecule has 0 saturated heterocycles. The number of hydrogen-bond acceptors (Lipinski definition) is 3. The van der Waals surface area contributed by atoms with Crippen LogP contribution in [0.15, 0.2) is 40.8 Å². The molecule has 0 bridgehead atoms. The number of aromatic nitrogens is 1. The Morgan fingerprint density at radius 1 is 1.30 bits per heavy atom. The molecule has 1 N–H and O–H groups in total. The van der Waals surface area contributed by atoms with Gasteiger partial charge in [-0.3, -0.25) is 0 Å². The molecular weight excluding hydrogens is 268 g/mol. The summed E-state index contributed by atoms with van der Waals surface area (Å²) in [6.45, 7) is 3.48. The van der Waals surface area contributed by atoms with Crippen molar-refractivity contribution in [3.05, 3.63) is 52.0 Å². The second kappa shape index (κ2) is 7.05. The van der Waals surface area contributed by atoms with Crippen LogP contribution in [0.1, 0.15) is 16.1 Å². The summed E-state index contributed by atoms with van der Waals surface area (Å²) in [6, 6.07) is 10.3. The van der Waals surface area contributed by atoms with Crippen molar-refractivity contribution >= 4 is 17.3 Å². The van der Waals surface area contributed by atoms with E-state index in [0.717, 1.165) is 18.2 Å². The zero-order valence-corrected chi connectivity index (χ0v) is 12.9. The number of aliphatic imine (C=N–C) groups is 1. The van der Waals surface area contributed by atoms with Gasteiger partial charge in [0, 0.05) is 19.0 Å². The monoisotopic (exact) mass is 288 g/mol. The highest BCUT2D eigenvalue weighted by Crippen LogP contribution is 2.11. The molecule has 0 amide bonds. The topological polar surface area (TPSA) is 40.5 Å². The van der Waals surface area contributed by atoms with Gasteiger partial charge in [0.25, 0.3) is 0 Å². The molecule has 0 spiro atoms. The maximum Gasteiger partial charge on any atom is 0.194 e. The minimum Gasteiger partial charge on any atom is -0.351 e. The summed E-state index contributed by atoms with van der Waals surface area (Å²) in [4.78, 5) is 12.1. The van der Waals surface area contributed by atoms with Crippen LogP contribution in [0.3, 0.4) is 0 Å². The van der Waals surface area contributed by atoms with Gasteiger partial charge in [0.1, 0.15) is 0 Å². The Morgan fingerprint density at radius 3 is 2.65 bits per heavy atom. The quantitative estimate of drug-likeness (QED) is 0.694. The largest absolute Gasteiger partial charge is 0.351 e. The summed E-state index contributed by atoms with van der Waals surface area (Å²) >= 11 is 1.67. The van der Waals surface area contributed by atoms with Crippen molar-refractivity contribution in [1.82, 2.24) is 15.2 Å². The Kier molecular flexibility index (Phi) is 5.12. The summed E-state index contributed by atoms with van der Waals surface area (Å²) in [7, 11) is 3.99. The van der Waals surface area contributed by atoms with Crippen molar-refractivity contribution in [2.24, 2.45) is 4.99 Å². The van der Waals surface area contributed by atoms with Gasteiger partial charge >= 0.3 is 0 Å². The molecule has 0 unspecified atom stereocenters. The Morgan fingerprint density at radius 2 is 2.05 bits per heavy atom. The minimum atomic E-state index is 0.684. The number of nitrogens with one attached hydrogen (secondary N) is 1. The second-order valence-electron chi connectivity index (χ2n) is 4.73.